The molecule has 2 aromatic rings. The largest absolute Gasteiger partial charge is 0.490 e. The maximum absolute atomic E-state index is 10.7. The highest BCUT2D eigenvalue weighted by atomic mass is 16.5. The average molecular weight is 311 g/mol. The number of nitrogens with zero attached hydrogens (tertiary/aromatic N) is 2. The Bertz CT molecular complexity index is 761. The summed E-state index contributed by atoms with van der Waals surface area (Å²) in [4.78, 5) is 14.9. The Balaban J connectivity index is 1.74. The van der Waals surface area contributed by atoms with Crippen molar-refractivity contribution in [2.45, 2.75) is 37.8 Å². The molecule has 0 unspecified atom stereocenters. The number of hydrogen-bond donors (Lipinski definition) is 2. The van der Waals surface area contributed by atoms with Gasteiger partial charge in [0.1, 0.15) is 11.8 Å². The predicted octanol–water partition coefficient (Wildman–Crippen LogP) is 3.06. The molecule has 0 spiro atoms. The Hall–Kier alpha value is -2.81. The summed E-state index contributed by atoms with van der Waals surface area (Å²) < 4.78 is 6.10. The number of carbonyl (C=O) groups is 1. The summed E-state index contributed by atoms with van der Waals surface area (Å²) >= 11 is 0. The molecular formula is C17H17N3O3. The number of pyridine rings is 1. The van der Waals surface area contributed by atoms with Gasteiger partial charge in [-0.15, -0.1) is 0 Å². The van der Waals surface area contributed by atoms with Crippen LogP contribution in [0.5, 0.6) is 5.75 Å². The second-order valence-electron chi connectivity index (χ2n) is 5.66. The van der Waals surface area contributed by atoms with Gasteiger partial charge in [-0.3, -0.25) is 4.98 Å². The lowest BCUT2D eigenvalue weighted by molar-refractivity contribution is 0.136. The minimum atomic E-state index is -0.974. The van der Waals surface area contributed by atoms with Gasteiger partial charge in [0, 0.05) is 17.6 Å². The third kappa shape index (κ3) is 3.34. The van der Waals surface area contributed by atoms with E-state index < -0.39 is 6.09 Å². The maximum Gasteiger partial charge on any atom is 0.404 e. The van der Waals surface area contributed by atoms with E-state index >= 15 is 0 Å². The number of amides is 1. The first-order valence-corrected chi connectivity index (χ1v) is 7.61. The van der Waals surface area contributed by atoms with Crippen LogP contribution in [0.3, 0.4) is 0 Å². The normalized spacial score (nSPS) is 20.7. The molecule has 1 saturated carbocycles. The summed E-state index contributed by atoms with van der Waals surface area (Å²) in [5.41, 5.74) is 1.18. The highest BCUT2D eigenvalue weighted by Gasteiger charge is 2.24. The van der Waals surface area contributed by atoms with Gasteiger partial charge < -0.3 is 15.2 Å². The third-order valence-corrected chi connectivity index (χ3v) is 4.15. The Morgan fingerprint density at radius 3 is 2.78 bits per heavy atom. The standard InChI is InChI=1S/C17H17N3O3/c18-10-11-3-8-15(14-2-1-9-19-16(11)14)23-13-6-4-12(5-7-13)20-17(21)22/h1-3,8-9,12-13,20H,4-7H2,(H,21,22)/t12-,13-. The number of rotatable bonds is 3. The van der Waals surface area contributed by atoms with Crippen LogP contribution in [0.25, 0.3) is 10.9 Å². The molecule has 1 aliphatic carbocycles. The van der Waals surface area contributed by atoms with E-state index in [2.05, 4.69) is 16.4 Å². The molecule has 0 bridgehead atoms. The van der Waals surface area contributed by atoms with Gasteiger partial charge in [0.15, 0.2) is 0 Å². The first kappa shape index (κ1) is 15.1. The van der Waals surface area contributed by atoms with E-state index in [0.717, 1.165) is 36.8 Å². The molecule has 1 fully saturated rings. The first-order valence-electron chi connectivity index (χ1n) is 7.61. The zero-order chi connectivity index (χ0) is 16.2. The summed E-state index contributed by atoms with van der Waals surface area (Å²) in [6.45, 7) is 0. The van der Waals surface area contributed by atoms with Crippen LogP contribution in [-0.2, 0) is 0 Å². The number of carboxylic acid groups (broad SMARTS) is 1. The Morgan fingerprint density at radius 2 is 2.09 bits per heavy atom. The minimum Gasteiger partial charge on any atom is -0.490 e. The van der Waals surface area contributed by atoms with E-state index in [1.165, 1.54) is 0 Å². The zero-order valence-electron chi connectivity index (χ0n) is 12.5. The van der Waals surface area contributed by atoms with Crippen molar-refractivity contribution in [3.63, 3.8) is 0 Å². The molecule has 1 heterocycles. The molecule has 0 aliphatic heterocycles. The van der Waals surface area contributed by atoms with Crippen LogP contribution in [-0.4, -0.2) is 28.3 Å². The molecule has 0 saturated heterocycles. The molecule has 23 heavy (non-hydrogen) atoms. The van der Waals surface area contributed by atoms with Crippen molar-refractivity contribution in [2.75, 3.05) is 0 Å². The van der Waals surface area contributed by atoms with Crippen LogP contribution in [0.15, 0.2) is 30.5 Å². The predicted molar refractivity (Wildman–Crippen MR) is 84.3 cm³/mol. The van der Waals surface area contributed by atoms with Gasteiger partial charge in [-0.1, -0.05) is 0 Å². The highest BCUT2D eigenvalue weighted by molar-refractivity contribution is 5.89. The second kappa shape index (κ2) is 6.53. The minimum absolute atomic E-state index is 0.00623. The van der Waals surface area contributed by atoms with Crippen molar-refractivity contribution in [3.05, 3.63) is 36.0 Å². The number of aromatic nitrogens is 1. The van der Waals surface area contributed by atoms with E-state index in [1.54, 1.807) is 12.3 Å². The molecule has 1 aromatic heterocycles. The van der Waals surface area contributed by atoms with Crippen molar-refractivity contribution < 1.29 is 14.6 Å². The molecule has 2 N–H and O–H groups in total. The number of nitrogens with one attached hydrogen (secondary N) is 1. The molecule has 118 valence electrons. The smallest absolute Gasteiger partial charge is 0.404 e. The summed E-state index contributed by atoms with van der Waals surface area (Å²) in [7, 11) is 0. The van der Waals surface area contributed by atoms with Crippen LogP contribution < -0.4 is 10.1 Å². The Kier molecular flexibility index (Phi) is 4.29. The SMILES string of the molecule is N#Cc1ccc(O[C@H]2CC[C@H](NC(=O)O)CC2)c2cccnc12. The summed E-state index contributed by atoms with van der Waals surface area (Å²) in [5.74, 6) is 0.724. The molecule has 0 radical (unpaired) electrons. The van der Waals surface area contributed by atoms with Gasteiger partial charge in [0.2, 0.25) is 0 Å². The van der Waals surface area contributed by atoms with Crippen LogP contribution in [0.4, 0.5) is 4.79 Å². The molecule has 1 aliphatic rings. The van der Waals surface area contributed by atoms with E-state index in [-0.39, 0.29) is 12.1 Å². The van der Waals surface area contributed by atoms with Crippen molar-refractivity contribution in [1.82, 2.24) is 10.3 Å². The molecule has 1 amide bonds. The van der Waals surface area contributed by atoms with Crippen molar-refractivity contribution >= 4 is 17.0 Å². The number of hydrogen-bond acceptors (Lipinski definition) is 4. The molecule has 6 nitrogen and oxygen atoms in total. The lowest BCUT2D eigenvalue weighted by Gasteiger charge is -2.29. The van der Waals surface area contributed by atoms with E-state index in [9.17, 15) is 4.79 Å². The second-order valence-corrected chi connectivity index (χ2v) is 5.66. The summed E-state index contributed by atoms with van der Waals surface area (Å²) in [5, 5.41) is 21.3. The molecular weight excluding hydrogens is 294 g/mol. The fraction of sp³-hybridized carbons (Fsp3) is 0.353. The first-order chi connectivity index (χ1) is 11.2. The van der Waals surface area contributed by atoms with Crippen LogP contribution in [0, 0.1) is 11.3 Å². The Morgan fingerprint density at radius 1 is 1.30 bits per heavy atom. The lowest BCUT2D eigenvalue weighted by atomic mass is 9.93. The molecule has 1 aromatic carbocycles. The van der Waals surface area contributed by atoms with E-state index in [0.29, 0.717) is 11.1 Å². The lowest BCUT2D eigenvalue weighted by Crippen LogP contribution is -2.38. The van der Waals surface area contributed by atoms with Gasteiger partial charge in [-0.2, -0.15) is 5.26 Å². The maximum atomic E-state index is 10.7. The summed E-state index contributed by atoms with van der Waals surface area (Å²) in [6.07, 6.45) is 3.87. The van der Waals surface area contributed by atoms with Crippen LogP contribution >= 0.6 is 0 Å². The topological polar surface area (TPSA) is 95.2 Å². The number of ether oxygens (including phenoxy) is 1. The van der Waals surface area contributed by atoms with Gasteiger partial charge in [-0.25, -0.2) is 4.79 Å². The molecule has 0 atom stereocenters. The number of benzene rings is 1. The van der Waals surface area contributed by atoms with Crippen LogP contribution in [0.1, 0.15) is 31.2 Å². The number of fused-ring (bicyclic) bond motifs is 1. The van der Waals surface area contributed by atoms with E-state index in [1.807, 2.05) is 18.2 Å². The quantitative estimate of drug-likeness (QED) is 0.908. The van der Waals surface area contributed by atoms with Crippen molar-refractivity contribution in [2.24, 2.45) is 0 Å². The average Bonchev–Trinajstić information content (AvgIpc) is 2.56. The monoisotopic (exact) mass is 311 g/mol. The van der Waals surface area contributed by atoms with Gasteiger partial charge in [0.05, 0.1) is 17.2 Å². The Labute approximate surface area is 133 Å². The van der Waals surface area contributed by atoms with Gasteiger partial charge in [-0.05, 0) is 49.9 Å². The highest BCUT2D eigenvalue weighted by Crippen LogP contribution is 2.30. The summed E-state index contributed by atoms with van der Waals surface area (Å²) in [6, 6.07) is 9.41. The van der Waals surface area contributed by atoms with E-state index in [4.69, 9.17) is 15.1 Å². The van der Waals surface area contributed by atoms with Crippen molar-refractivity contribution in [1.29, 1.82) is 5.26 Å². The van der Waals surface area contributed by atoms with Gasteiger partial charge in [0.25, 0.3) is 0 Å². The molecule has 3 rings (SSSR count). The third-order valence-electron chi connectivity index (χ3n) is 4.15. The van der Waals surface area contributed by atoms with Gasteiger partial charge >= 0.3 is 6.09 Å². The fourth-order valence-corrected chi connectivity index (χ4v) is 3.02. The zero-order valence-corrected chi connectivity index (χ0v) is 12.5. The fourth-order valence-electron chi connectivity index (χ4n) is 3.02. The van der Waals surface area contributed by atoms with Crippen LogP contribution in [0.2, 0.25) is 0 Å². The molecule has 6 heteroatoms. The van der Waals surface area contributed by atoms with Crippen molar-refractivity contribution in [3.8, 4) is 11.8 Å². The number of nitriles is 1.